The number of aryl methyl sites for hydroxylation is 2. The van der Waals surface area contributed by atoms with Crippen molar-refractivity contribution in [2.24, 2.45) is 5.73 Å². The monoisotopic (exact) mass is 271 g/mol. The molecule has 0 aromatic heterocycles. The Kier molecular flexibility index (Phi) is 4.67. The second kappa shape index (κ2) is 6.27. The third-order valence-corrected chi connectivity index (χ3v) is 4.25. The molecule has 0 aliphatic heterocycles. The Hall–Kier alpha value is -1.25. The first-order valence-electron chi connectivity index (χ1n) is 6.61. The summed E-state index contributed by atoms with van der Waals surface area (Å²) in [6.07, 6.45) is 0. The summed E-state index contributed by atoms with van der Waals surface area (Å²) < 4.78 is 0. The van der Waals surface area contributed by atoms with Crippen LogP contribution in [-0.4, -0.2) is 0 Å². The van der Waals surface area contributed by atoms with Gasteiger partial charge in [0, 0.05) is 16.7 Å². The molecule has 0 bridgehead atoms. The van der Waals surface area contributed by atoms with Crippen molar-refractivity contribution < 1.29 is 0 Å². The molecule has 0 aliphatic carbocycles. The number of hydrogen-bond acceptors (Lipinski definition) is 2. The molecule has 2 aromatic rings. The number of hydrogen-bond donors (Lipinski definition) is 1. The van der Waals surface area contributed by atoms with Crippen LogP contribution < -0.4 is 5.73 Å². The minimum Gasteiger partial charge on any atom is -0.324 e. The first kappa shape index (κ1) is 14.2. The van der Waals surface area contributed by atoms with Crippen LogP contribution in [-0.2, 0) is 5.75 Å². The number of nitrogens with two attached hydrogens (primary N) is 1. The normalized spacial score (nSPS) is 12.4. The molecule has 100 valence electrons. The van der Waals surface area contributed by atoms with Gasteiger partial charge in [-0.2, -0.15) is 0 Å². The van der Waals surface area contributed by atoms with Gasteiger partial charge in [0.15, 0.2) is 0 Å². The summed E-state index contributed by atoms with van der Waals surface area (Å²) in [5, 5.41) is 0. The molecule has 0 radical (unpaired) electrons. The third-order valence-electron chi connectivity index (χ3n) is 3.09. The Balaban J connectivity index is 2.14. The Labute approximate surface area is 120 Å². The summed E-state index contributed by atoms with van der Waals surface area (Å²) in [6, 6.07) is 15.2. The van der Waals surface area contributed by atoms with E-state index in [-0.39, 0.29) is 6.04 Å². The van der Waals surface area contributed by atoms with Crippen molar-refractivity contribution in [3.05, 3.63) is 64.7 Å². The fraction of sp³-hybridized carbons (Fsp3) is 0.294. The average Bonchev–Trinajstić information content (AvgIpc) is 2.35. The van der Waals surface area contributed by atoms with Gasteiger partial charge in [0.05, 0.1) is 0 Å². The van der Waals surface area contributed by atoms with Gasteiger partial charge in [-0.15, -0.1) is 11.8 Å². The molecule has 0 fully saturated rings. The van der Waals surface area contributed by atoms with Crippen molar-refractivity contribution in [3.63, 3.8) is 0 Å². The predicted molar refractivity (Wildman–Crippen MR) is 84.5 cm³/mol. The highest BCUT2D eigenvalue weighted by Crippen LogP contribution is 2.29. The first-order valence-corrected chi connectivity index (χ1v) is 7.59. The van der Waals surface area contributed by atoms with E-state index in [0.717, 1.165) is 5.75 Å². The summed E-state index contributed by atoms with van der Waals surface area (Å²) in [6.45, 7) is 6.34. The van der Waals surface area contributed by atoms with Crippen LogP contribution in [0.25, 0.3) is 0 Å². The summed E-state index contributed by atoms with van der Waals surface area (Å²) in [5.41, 5.74) is 11.3. The van der Waals surface area contributed by atoms with E-state index >= 15 is 0 Å². The quantitative estimate of drug-likeness (QED) is 0.821. The molecule has 0 saturated heterocycles. The van der Waals surface area contributed by atoms with Crippen molar-refractivity contribution in [1.29, 1.82) is 0 Å². The van der Waals surface area contributed by atoms with Gasteiger partial charge in [-0.1, -0.05) is 47.5 Å². The molecule has 2 rings (SSSR count). The zero-order valence-corrected chi connectivity index (χ0v) is 12.6. The fourth-order valence-electron chi connectivity index (χ4n) is 2.30. The second-order valence-electron chi connectivity index (χ2n) is 5.11. The van der Waals surface area contributed by atoms with Crippen molar-refractivity contribution >= 4 is 11.8 Å². The number of rotatable bonds is 4. The number of thioether (sulfide) groups is 1. The van der Waals surface area contributed by atoms with Gasteiger partial charge >= 0.3 is 0 Å². The maximum absolute atomic E-state index is 6.02. The van der Waals surface area contributed by atoms with E-state index in [1.54, 1.807) is 0 Å². The zero-order valence-electron chi connectivity index (χ0n) is 11.8. The summed E-state index contributed by atoms with van der Waals surface area (Å²) in [7, 11) is 0. The molecular weight excluding hydrogens is 250 g/mol. The smallest absolute Gasteiger partial charge is 0.0277 e. The molecule has 1 nitrogen and oxygen atoms in total. The number of benzene rings is 2. The lowest BCUT2D eigenvalue weighted by molar-refractivity contribution is 0.797. The van der Waals surface area contributed by atoms with Crippen LogP contribution in [0.4, 0.5) is 0 Å². The van der Waals surface area contributed by atoms with Crippen LogP contribution >= 0.6 is 11.8 Å². The zero-order chi connectivity index (χ0) is 13.8. The highest BCUT2D eigenvalue weighted by atomic mass is 32.2. The standard InChI is InChI=1S/C17H21NS/c1-12-8-13(2)10-15(9-12)11-19-17-7-5-4-6-16(17)14(3)18/h4-10,14H,11,18H2,1-3H3/t14-/m1/s1. The van der Waals surface area contributed by atoms with Gasteiger partial charge in [-0.25, -0.2) is 0 Å². The molecule has 2 N–H and O–H groups in total. The van der Waals surface area contributed by atoms with E-state index in [4.69, 9.17) is 5.73 Å². The molecule has 0 amide bonds. The van der Waals surface area contributed by atoms with E-state index in [2.05, 4.69) is 56.3 Å². The molecule has 19 heavy (non-hydrogen) atoms. The van der Waals surface area contributed by atoms with Crippen molar-refractivity contribution in [2.45, 2.75) is 37.5 Å². The lowest BCUT2D eigenvalue weighted by Crippen LogP contribution is -2.06. The molecule has 0 spiro atoms. The van der Waals surface area contributed by atoms with E-state index < -0.39 is 0 Å². The van der Waals surface area contributed by atoms with Gasteiger partial charge in [-0.3, -0.25) is 0 Å². The Bertz CT molecular complexity index is 541. The fourth-order valence-corrected chi connectivity index (χ4v) is 3.39. The van der Waals surface area contributed by atoms with Gasteiger partial charge in [-0.05, 0) is 38.0 Å². The van der Waals surface area contributed by atoms with Crippen LogP contribution in [0.15, 0.2) is 47.4 Å². The van der Waals surface area contributed by atoms with Gasteiger partial charge < -0.3 is 5.73 Å². The Morgan fingerprint density at radius 1 is 1.05 bits per heavy atom. The Morgan fingerprint density at radius 2 is 1.68 bits per heavy atom. The predicted octanol–water partition coefficient (Wildman–Crippen LogP) is 4.62. The summed E-state index contributed by atoms with van der Waals surface area (Å²) in [4.78, 5) is 1.29. The van der Waals surface area contributed by atoms with E-state index in [1.807, 2.05) is 18.7 Å². The van der Waals surface area contributed by atoms with E-state index in [0.29, 0.717) is 0 Å². The largest absolute Gasteiger partial charge is 0.324 e. The molecule has 0 saturated carbocycles. The van der Waals surface area contributed by atoms with E-state index in [1.165, 1.54) is 27.1 Å². The van der Waals surface area contributed by atoms with Crippen molar-refractivity contribution in [3.8, 4) is 0 Å². The summed E-state index contributed by atoms with van der Waals surface area (Å²) in [5.74, 6) is 0.992. The summed E-state index contributed by atoms with van der Waals surface area (Å²) >= 11 is 1.87. The molecule has 0 heterocycles. The molecule has 2 aromatic carbocycles. The molecule has 1 atom stereocenters. The van der Waals surface area contributed by atoms with E-state index in [9.17, 15) is 0 Å². The van der Waals surface area contributed by atoms with Crippen LogP contribution in [0.3, 0.4) is 0 Å². The third kappa shape index (κ3) is 3.85. The lowest BCUT2D eigenvalue weighted by atomic mass is 10.1. The molecule has 0 unspecified atom stereocenters. The topological polar surface area (TPSA) is 26.0 Å². The minimum absolute atomic E-state index is 0.0861. The van der Waals surface area contributed by atoms with Crippen molar-refractivity contribution in [1.82, 2.24) is 0 Å². The van der Waals surface area contributed by atoms with Crippen molar-refractivity contribution in [2.75, 3.05) is 0 Å². The highest BCUT2D eigenvalue weighted by molar-refractivity contribution is 7.98. The minimum atomic E-state index is 0.0861. The average molecular weight is 271 g/mol. The first-order chi connectivity index (χ1) is 9.06. The molecule has 0 aliphatic rings. The maximum Gasteiger partial charge on any atom is 0.0277 e. The van der Waals surface area contributed by atoms with Gasteiger partial charge in [0.25, 0.3) is 0 Å². The van der Waals surface area contributed by atoms with Gasteiger partial charge in [0.1, 0.15) is 0 Å². The van der Waals surface area contributed by atoms with Crippen LogP contribution in [0.5, 0.6) is 0 Å². The molecular formula is C17H21NS. The van der Waals surface area contributed by atoms with Crippen LogP contribution in [0.2, 0.25) is 0 Å². The maximum atomic E-state index is 6.02. The van der Waals surface area contributed by atoms with Gasteiger partial charge in [0.2, 0.25) is 0 Å². The SMILES string of the molecule is Cc1cc(C)cc(CSc2ccccc2[C@@H](C)N)c1. The Morgan fingerprint density at radius 3 is 2.32 bits per heavy atom. The van der Waals surface area contributed by atoms with Crippen LogP contribution in [0.1, 0.15) is 35.2 Å². The second-order valence-corrected chi connectivity index (χ2v) is 6.13. The lowest BCUT2D eigenvalue weighted by Gasteiger charge is -2.12. The molecule has 2 heteroatoms. The highest BCUT2D eigenvalue weighted by Gasteiger charge is 2.07. The van der Waals surface area contributed by atoms with Crippen LogP contribution in [0, 0.1) is 13.8 Å².